The van der Waals surface area contributed by atoms with E-state index >= 15 is 0 Å². The topological polar surface area (TPSA) is 57.5 Å². The zero-order valence-corrected chi connectivity index (χ0v) is 24.0. The van der Waals surface area contributed by atoms with Gasteiger partial charge in [-0.25, -0.2) is 4.98 Å². The number of rotatable bonds is 4. The number of imidazole rings is 1. The minimum absolute atomic E-state index is 0.0689. The summed E-state index contributed by atoms with van der Waals surface area (Å²) in [6.45, 7) is 7.13. The van der Waals surface area contributed by atoms with Crippen LogP contribution in [0.1, 0.15) is 47.0 Å². The van der Waals surface area contributed by atoms with Crippen LogP contribution < -0.4 is 0 Å². The van der Waals surface area contributed by atoms with Gasteiger partial charge in [-0.05, 0) is 84.3 Å². The molecule has 6 rings (SSSR count). The average molecular weight is 578 g/mol. The molecule has 38 heavy (non-hydrogen) atoms. The molecule has 1 aromatic carbocycles. The fraction of sp³-hybridized carbons (Fsp3) is 0.500. The predicted octanol–water partition coefficient (Wildman–Crippen LogP) is 4.09. The highest BCUT2D eigenvalue weighted by Crippen LogP contribution is 2.37. The van der Waals surface area contributed by atoms with Gasteiger partial charge in [-0.3, -0.25) is 19.6 Å². The van der Waals surface area contributed by atoms with Crippen LogP contribution in [0.4, 0.5) is 0 Å². The van der Waals surface area contributed by atoms with Crippen LogP contribution >= 0.6 is 15.9 Å². The van der Waals surface area contributed by atoms with Crippen molar-refractivity contribution in [2.45, 2.75) is 51.2 Å². The summed E-state index contributed by atoms with van der Waals surface area (Å²) in [7, 11) is 2.11. The van der Waals surface area contributed by atoms with Crippen LogP contribution in [-0.4, -0.2) is 81.0 Å². The number of likely N-dealkylation sites (tertiary alicyclic amines) is 1. The number of benzene rings is 1. The highest BCUT2D eigenvalue weighted by molar-refractivity contribution is 9.10. The standard InChI is InChI=1S/C30H37BrN6O/c1-21-16-35(20-33-21)17-22-6-5-11-37(18-22)30(38)27-19-36(13-12-34(27)2)29-26-8-4-3-7-23(26)9-10-24-14-25(31)15-32-28(24)29/h3-4,7-8,14-16,20,22,27,29H,5-6,9-13,17-19H2,1-2H3/t22-,27-,29?/m1/s1. The zero-order valence-electron chi connectivity index (χ0n) is 22.4. The number of aryl methyl sites for hydroxylation is 3. The Hall–Kier alpha value is -2.55. The van der Waals surface area contributed by atoms with E-state index in [2.05, 4.69) is 83.8 Å². The van der Waals surface area contributed by atoms with Gasteiger partial charge < -0.3 is 9.47 Å². The number of carbonyl (C=O) groups excluding carboxylic acids is 1. The van der Waals surface area contributed by atoms with E-state index in [-0.39, 0.29) is 18.0 Å². The van der Waals surface area contributed by atoms with Gasteiger partial charge in [0.2, 0.25) is 5.91 Å². The van der Waals surface area contributed by atoms with Gasteiger partial charge in [0.15, 0.2) is 0 Å². The summed E-state index contributed by atoms with van der Waals surface area (Å²) in [5.74, 6) is 0.740. The van der Waals surface area contributed by atoms with Crippen molar-refractivity contribution in [3.8, 4) is 0 Å². The maximum Gasteiger partial charge on any atom is 0.241 e. The van der Waals surface area contributed by atoms with E-state index in [4.69, 9.17) is 4.98 Å². The Bertz CT molecular complexity index is 1310. The zero-order chi connectivity index (χ0) is 26.2. The molecule has 2 fully saturated rings. The highest BCUT2D eigenvalue weighted by Gasteiger charge is 2.39. The fourth-order valence-electron chi connectivity index (χ4n) is 6.64. The number of halogens is 1. The van der Waals surface area contributed by atoms with Crippen molar-refractivity contribution in [3.05, 3.63) is 81.6 Å². The third kappa shape index (κ3) is 5.18. The third-order valence-corrected chi connectivity index (χ3v) is 9.07. The number of nitrogens with zero attached hydrogens (tertiary/aromatic N) is 6. The molecule has 3 atom stereocenters. The van der Waals surface area contributed by atoms with Crippen molar-refractivity contribution in [3.63, 3.8) is 0 Å². The van der Waals surface area contributed by atoms with Gasteiger partial charge >= 0.3 is 0 Å². The number of pyridine rings is 1. The lowest BCUT2D eigenvalue weighted by atomic mass is 9.94. The largest absolute Gasteiger partial charge is 0.341 e. The molecule has 3 aliphatic rings. The van der Waals surface area contributed by atoms with Gasteiger partial charge in [0, 0.05) is 56.1 Å². The molecule has 8 heteroatoms. The van der Waals surface area contributed by atoms with Crippen molar-refractivity contribution in [2.75, 3.05) is 39.8 Å². The molecular weight excluding hydrogens is 540 g/mol. The molecule has 0 N–H and O–H groups in total. The highest BCUT2D eigenvalue weighted by atomic mass is 79.9. The molecule has 200 valence electrons. The second kappa shape index (κ2) is 10.9. The predicted molar refractivity (Wildman–Crippen MR) is 152 cm³/mol. The van der Waals surface area contributed by atoms with Gasteiger partial charge in [0.05, 0.1) is 23.8 Å². The number of likely N-dealkylation sites (N-methyl/N-ethyl adjacent to an activating group) is 1. The molecule has 7 nitrogen and oxygen atoms in total. The Morgan fingerprint density at radius 3 is 2.76 bits per heavy atom. The Kier molecular flexibility index (Phi) is 7.38. The summed E-state index contributed by atoms with van der Waals surface area (Å²) in [6, 6.07) is 11.0. The Balaban J connectivity index is 1.24. The lowest BCUT2D eigenvalue weighted by molar-refractivity contribution is -0.141. The summed E-state index contributed by atoms with van der Waals surface area (Å²) in [4.78, 5) is 30.3. The van der Waals surface area contributed by atoms with Gasteiger partial charge in [-0.15, -0.1) is 0 Å². The first-order valence-electron chi connectivity index (χ1n) is 13.9. The molecule has 0 spiro atoms. The summed E-state index contributed by atoms with van der Waals surface area (Å²) < 4.78 is 3.20. The van der Waals surface area contributed by atoms with E-state index in [0.29, 0.717) is 12.5 Å². The molecule has 0 bridgehead atoms. The van der Waals surface area contributed by atoms with Gasteiger partial charge in [0.25, 0.3) is 0 Å². The number of piperazine rings is 1. The third-order valence-electron chi connectivity index (χ3n) is 8.63. The van der Waals surface area contributed by atoms with Crippen molar-refractivity contribution < 1.29 is 4.79 Å². The number of fused-ring (bicyclic) bond motifs is 2. The van der Waals surface area contributed by atoms with E-state index in [9.17, 15) is 4.79 Å². The van der Waals surface area contributed by atoms with Crippen LogP contribution in [0.15, 0.2) is 53.5 Å². The van der Waals surface area contributed by atoms with E-state index in [1.165, 1.54) is 16.7 Å². The Labute approximate surface area is 234 Å². The van der Waals surface area contributed by atoms with Gasteiger partial charge in [0.1, 0.15) is 6.04 Å². The number of hydrogen-bond donors (Lipinski definition) is 0. The molecule has 4 heterocycles. The molecule has 1 aliphatic carbocycles. The monoisotopic (exact) mass is 576 g/mol. The van der Waals surface area contributed by atoms with Crippen molar-refractivity contribution in [2.24, 2.45) is 5.92 Å². The minimum Gasteiger partial charge on any atom is -0.341 e. The SMILES string of the molecule is Cc1cn(C[C@H]2CCCN(C(=O)[C@H]3CN(C4c5ccccc5CCc5cc(Br)cnc54)CCN3C)C2)cn1. The quantitative estimate of drug-likeness (QED) is 0.468. The maximum atomic E-state index is 14.0. The second-order valence-corrected chi connectivity index (χ2v) is 12.2. The second-order valence-electron chi connectivity index (χ2n) is 11.3. The normalized spacial score (nSPS) is 24.5. The molecule has 3 aromatic rings. The summed E-state index contributed by atoms with van der Waals surface area (Å²) in [6.07, 6.45) is 10.2. The van der Waals surface area contributed by atoms with Crippen molar-refractivity contribution >= 4 is 21.8 Å². The maximum absolute atomic E-state index is 14.0. The molecule has 1 amide bonds. The number of hydrogen-bond acceptors (Lipinski definition) is 5. The number of aromatic nitrogens is 3. The number of amides is 1. The average Bonchev–Trinajstić information content (AvgIpc) is 3.26. The van der Waals surface area contributed by atoms with Crippen LogP contribution in [0.3, 0.4) is 0 Å². The van der Waals surface area contributed by atoms with Crippen LogP contribution in [0.25, 0.3) is 0 Å². The van der Waals surface area contributed by atoms with Crippen LogP contribution in [0, 0.1) is 12.8 Å². The number of carbonyl (C=O) groups is 1. The van der Waals surface area contributed by atoms with Crippen molar-refractivity contribution in [1.82, 2.24) is 29.2 Å². The Morgan fingerprint density at radius 1 is 1.08 bits per heavy atom. The lowest BCUT2D eigenvalue weighted by Crippen LogP contribution is -2.60. The molecule has 1 unspecified atom stereocenters. The molecular formula is C30H37BrN6O. The minimum atomic E-state index is -0.146. The fourth-order valence-corrected chi connectivity index (χ4v) is 7.02. The van der Waals surface area contributed by atoms with Crippen LogP contribution in [0.2, 0.25) is 0 Å². The summed E-state index contributed by atoms with van der Waals surface area (Å²) in [5, 5.41) is 0. The van der Waals surface area contributed by atoms with E-state index in [0.717, 1.165) is 74.3 Å². The van der Waals surface area contributed by atoms with E-state index < -0.39 is 0 Å². The molecule has 2 aromatic heterocycles. The molecule has 0 radical (unpaired) electrons. The van der Waals surface area contributed by atoms with Gasteiger partial charge in [-0.2, -0.15) is 0 Å². The first-order chi connectivity index (χ1) is 18.5. The lowest BCUT2D eigenvalue weighted by Gasteiger charge is -2.45. The van der Waals surface area contributed by atoms with E-state index in [1.54, 1.807) is 0 Å². The summed E-state index contributed by atoms with van der Waals surface area (Å²) >= 11 is 3.64. The summed E-state index contributed by atoms with van der Waals surface area (Å²) in [5.41, 5.74) is 6.22. The van der Waals surface area contributed by atoms with Crippen molar-refractivity contribution in [1.29, 1.82) is 0 Å². The smallest absolute Gasteiger partial charge is 0.241 e. The van der Waals surface area contributed by atoms with E-state index in [1.807, 2.05) is 19.4 Å². The molecule has 0 saturated carbocycles. The van der Waals surface area contributed by atoms with Crippen LogP contribution in [0.5, 0.6) is 0 Å². The van der Waals surface area contributed by atoms with Crippen LogP contribution in [-0.2, 0) is 24.2 Å². The molecule has 2 aliphatic heterocycles. The first-order valence-corrected chi connectivity index (χ1v) is 14.7. The Morgan fingerprint density at radius 2 is 1.92 bits per heavy atom. The molecule has 2 saturated heterocycles. The first kappa shape index (κ1) is 25.7. The van der Waals surface area contributed by atoms with Gasteiger partial charge in [-0.1, -0.05) is 24.3 Å². The number of piperidine rings is 1.